The molecule has 2 aromatic heterocycles. The minimum atomic E-state index is 0.485. The van der Waals surface area contributed by atoms with Crippen LogP contribution < -0.4 is 0 Å². The van der Waals surface area contributed by atoms with Crippen LogP contribution in [0.15, 0.2) is 0 Å². The fraction of sp³-hybridized carbons (Fsp3) is 0.750. The highest BCUT2D eigenvalue weighted by atomic mass is 35.5. The Morgan fingerprint density at radius 1 is 1.29 bits per heavy atom. The number of nitrogens with zero attached hydrogens (tertiary/aromatic N) is 4. The smallest absolute Gasteiger partial charge is 0.158 e. The van der Waals surface area contributed by atoms with Crippen molar-refractivity contribution in [1.82, 2.24) is 19.3 Å². The second kappa shape index (κ2) is 5.01. The lowest BCUT2D eigenvalue weighted by molar-refractivity contribution is 0.295. The van der Waals surface area contributed by atoms with Gasteiger partial charge in [0.15, 0.2) is 5.65 Å². The number of hydrogen-bond acceptors (Lipinski definition) is 2. The van der Waals surface area contributed by atoms with Crippen LogP contribution in [0.4, 0.5) is 0 Å². The molecule has 114 valence electrons. The van der Waals surface area contributed by atoms with Gasteiger partial charge in [-0.1, -0.05) is 13.3 Å². The first kappa shape index (κ1) is 13.6. The zero-order valence-corrected chi connectivity index (χ0v) is 13.6. The number of fused-ring (bicyclic) bond motifs is 3. The van der Waals surface area contributed by atoms with Crippen molar-refractivity contribution >= 4 is 22.8 Å². The van der Waals surface area contributed by atoms with Gasteiger partial charge < -0.3 is 4.57 Å². The van der Waals surface area contributed by atoms with E-state index in [-0.39, 0.29) is 0 Å². The standard InChI is InChI=1S/C16H23ClN4/c1-3-13-15-16(20(2)19-13)21(14(8-17)18-15)9-12-7-10-4-5-11(12)6-10/h10-12H,3-9H2,1-2H3. The second-order valence-corrected chi connectivity index (χ2v) is 7.07. The molecule has 2 aromatic rings. The first-order chi connectivity index (χ1) is 10.2. The van der Waals surface area contributed by atoms with Gasteiger partial charge in [0.25, 0.3) is 0 Å². The number of hydrogen-bond donors (Lipinski definition) is 0. The highest BCUT2D eigenvalue weighted by molar-refractivity contribution is 6.16. The molecule has 3 atom stereocenters. The van der Waals surface area contributed by atoms with Crippen LogP contribution in [0.3, 0.4) is 0 Å². The van der Waals surface area contributed by atoms with E-state index in [0.29, 0.717) is 5.88 Å². The summed E-state index contributed by atoms with van der Waals surface area (Å²) in [6.45, 7) is 3.21. The first-order valence-corrected chi connectivity index (χ1v) is 8.71. The molecule has 0 spiro atoms. The average Bonchev–Trinajstić information content (AvgIpc) is 3.21. The predicted molar refractivity (Wildman–Crippen MR) is 84.4 cm³/mol. The van der Waals surface area contributed by atoms with E-state index in [0.717, 1.165) is 53.4 Å². The summed E-state index contributed by atoms with van der Waals surface area (Å²) in [5.74, 6) is 4.21. The van der Waals surface area contributed by atoms with Crippen LogP contribution in [-0.4, -0.2) is 19.3 Å². The van der Waals surface area contributed by atoms with Crippen LogP contribution >= 0.6 is 11.6 Å². The van der Waals surface area contributed by atoms with E-state index in [2.05, 4.69) is 16.6 Å². The number of alkyl halides is 1. The molecule has 4 nitrogen and oxygen atoms in total. The Morgan fingerprint density at radius 3 is 2.76 bits per heavy atom. The van der Waals surface area contributed by atoms with Crippen molar-refractivity contribution in [1.29, 1.82) is 0 Å². The summed E-state index contributed by atoms with van der Waals surface area (Å²) in [6.07, 6.45) is 6.64. The first-order valence-electron chi connectivity index (χ1n) is 8.18. The van der Waals surface area contributed by atoms with E-state index in [9.17, 15) is 0 Å². The molecule has 2 heterocycles. The highest BCUT2D eigenvalue weighted by Crippen LogP contribution is 2.49. The molecule has 0 amide bonds. The summed E-state index contributed by atoms with van der Waals surface area (Å²) < 4.78 is 4.34. The molecular formula is C16H23ClN4. The molecule has 0 aromatic carbocycles. The van der Waals surface area contributed by atoms with Crippen LogP contribution in [0, 0.1) is 17.8 Å². The van der Waals surface area contributed by atoms with Gasteiger partial charge in [0.2, 0.25) is 0 Å². The number of aryl methyl sites for hydroxylation is 2. The summed E-state index contributed by atoms with van der Waals surface area (Å²) in [5, 5.41) is 4.62. The van der Waals surface area contributed by atoms with E-state index in [1.807, 2.05) is 11.7 Å². The van der Waals surface area contributed by atoms with Gasteiger partial charge in [-0.25, -0.2) is 4.98 Å². The normalized spacial score (nSPS) is 28.0. The molecule has 0 saturated heterocycles. The lowest BCUT2D eigenvalue weighted by Gasteiger charge is -2.23. The van der Waals surface area contributed by atoms with Crippen molar-refractivity contribution in [2.45, 2.75) is 51.5 Å². The molecule has 2 aliphatic rings. The van der Waals surface area contributed by atoms with Gasteiger partial charge in [0.05, 0.1) is 11.6 Å². The fourth-order valence-corrected chi connectivity index (χ4v) is 4.86. The Bertz CT molecular complexity index is 671. The summed E-state index contributed by atoms with van der Waals surface area (Å²) in [4.78, 5) is 4.77. The summed E-state index contributed by atoms with van der Waals surface area (Å²) in [6, 6.07) is 0. The molecule has 0 aliphatic heterocycles. The van der Waals surface area contributed by atoms with Gasteiger partial charge in [0, 0.05) is 13.6 Å². The van der Waals surface area contributed by atoms with Crippen LogP contribution in [0.2, 0.25) is 0 Å². The SMILES string of the molecule is CCc1nn(C)c2c1nc(CCl)n2CC1CC2CCC1C2. The fourth-order valence-electron chi connectivity index (χ4n) is 4.65. The molecule has 2 saturated carbocycles. The van der Waals surface area contributed by atoms with Gasteiger partial charge in [-0.3, -0.25) is 4.68 Å². The molecule has 0 N–H and O–H groups in total. The monoisotopic (exact) mass is 306 g/mol. The zero-order chi connectivity index (χ0) is 14.6. The summed E-state index contributed by atoms with van der Waals surface area (Å²) in [7, 11) is 2.03. The molecule has 4 rings (SSSR count). The van der Waals surface area contributed by atoms with Crippen molar-refractivity contribution < 1.29 is 0 Å². The maximum absolute atomic E-state index is 6.16. The molecule has 2 bridgehead atoms. The van der Waals surface area contributed by atoms with Gasteiger partial charge in [-0.2, -0.15) is 5.10 Å². The second-order valence-electron chi connectivity index (χ2n) is 6.80. The maximum atomic E-state index is 6.16. The molecule has 0 radical (unpaired) electrons. The molecular weight excluding hydrogens is 284 g/mol. The Labute approximate surface area is 130 Å². The third kappa shape index (κ3) is 2.02. The van der Waals surface area contributed by atoms with E-state index >= 15 is 0 Å². The number of rotatable bonds is 4. The molecule has 21 heavy (non-hydrogen) atoms. The van der Waals surface area contributed by atoms with E-state index in [4.69, 9.17) is 16.6 Å². The Hall–Kier alpha value is -1.03. The third-order valence-corrected chi connectivity index (χ3v) is 5.87. The third-order valence-electron chi connectivity index (χ3n) is 5.63. The summed E-state index contributed by atoms with van der Waals surface area (Å²) in [5.41, 5.74) is 3.30. The predicted octanol–water partition coefficient (Wildman–Crippen LogP) is 3.51. The molecule has 2 aliphatic carbocycles. The number of imidazole rings is 1. The Morgan fingerprint density at radius 2 is 2.14 bits per heavy atom. The minimum absolute atomic E-state index is 0.485. The largest absolute Gasteiger partial charge is 0.312 e. The van der Waals surface area contributed by atoms with E-state index in [1.54, 1.807) is 0 Å². The average molecular weight is 307 g/mol. The van der Waals surface area contributed by atoms with Crippen molar-refractivity contribution in [3.05, 3.63) is 11.5 Å². The van der Waals surface area contributed by atoms with Crippen molar-refractivity contribution in [2.75, 3.05) is 0 Å². The maximum Gasteiger partial charge on any atom is 0.158 e. The summed E-state index contributed by atoms with van der Waals surface area (Å²) >= 11 is 6.16. The quantitative estimate of drug-likeness (QED) is 0.810. The molecule has 2 fully saturated rings. The molecule has 3 unspecified atom stereocenters. The topological polar surface area (TPSA) is 35.6 Å². The number of halogens is 1. The molecule has 5 heteroatoms. The van der Waals surface area contributed by atoms with Crippen molar-refractivity contribution in [3.63, 3.8) is 0 Å². The Kier molecular flexibility index (Phi) is 3.25. The van der Waals surface area contributed by atoms with Gasteiger partial charge in [-0.15, -0.1) is 11.6 Å². The number of aromatic nitrogens is 4. The lowest BCUT2D eigenvalue weighted by Crippen LogP contribution is -2.19. The lowest BCUT2D eigenvalue weighted by atomic mass is 9.89. The van der Waals surface area contributed by atoms with Crippen LogP contribution in [-0.2, 0) is 25.9 Å². The van der Waals surface area contributed by atoms with Crippen LogP contribution in [0.5, 0.6) is 0 Å². The van der Waals surface area contributed by atoms with Gasteiger partial charge >= 0.3 is 0 Å². The van der Waals surface area contributed by atoms with E-state index < -0.39 is 0 Å². The highest BCUT2D eigenvalue weighted by Gasteiger charge is 2.40. The van der Waals surface area contributed by atoms with Crippen molar-refractivity contribution in [2.24, 2.45) is 24.8 Å². The van der Waals surface area contributed by atoms with Crippen molar-refractivity contribution in [3.8, 4) is 0 Å². The van der Waals surface area contributed by atoms with E-state index in [1.165, 1.54) is 25.7 Å². The van der Waals surface area contributed by atoms with Crippen LogP contribution in [0.1, 0.15) is 44.1 Å². The Balaban J connectivity index is 1.74. The van der Waals surface area contributed by atoms with Gasteiger partial charge in [-0.05, 0) is 43.4 Å². The van der Waals surface area contributed by atoms with Gasteiger partial charge in [0.1, 0.15) is 11.3 Å². The minimum Gasteiger partial charge on any atom is -0.312 e. The van der Waals surface area contributed by atoms with Crippen LogP contribution in [0.25, 0.3) is 11.2 Å². The zero-order valence-electron chi connectivity index (χ0n) is 12.8.